The summed E-state index contributed by atoms with van der Waals surface area (Å²) in [6, 6.07) is 4.88. The van der Waals surface area contributed by atoms with Crippen LogP contribution in [0, 0.1) is 0 Å². The van der Waals surface area contributed by atoms with Crippen LogP contribution in [0.2, 0.25) is 0 Å². The Morgan fingerprint density at radius 3 is 2.65 bits per heavy atom. The molecule has 1 aromatic heterocycles. The molecule has 174 valence electrons. The topological polar surface area (TPSA) is 93.8 Å². The molecule has 11 heteroatoms. The molecule has 0 bridgehead atoms. The van der Waals surface area contributed by atoms with E-state index < -0.39 is 6.61 Å². The first-order chi connectivity index (χ1) is 14.4. The van der Waals surface area contributed by atoms with Gasteiger partial charge >= 0.3 is 6.61 Å². The van der Waals surface area contributed by atoms with E-state index >= 15 is 0 Å². The minimum atomic E-state index is -2.92. The summed E-state index contributed by atoms with van der Waals surface area (Å²) in [6.45, 7) is 4.29. The largest absolute Gasteiger partial charge is 0.493 e. The molecule has 0 amide bonds. The van der Waals surface area contributed by atoms with Crippen LogP contribution in [0.3, 0.4) is 0 Å². The number of rotatable bonds is 11. The molecule has 0 aliphatic carbocycles. The van der Waals surface area contributed by atoms with Gasteiger partial charge in [0.2, 0.25) is 5.89 Å². The van der Waals surface area contributed by atoms with Gasteiger partial charge in [-0.3, -0.25) is 4.99 Å². The van der Waals surface area contributed by atoms with Crippen molar-refractivity contribution >= 4 is 29.9 Å². The fourth-order valence-corrected chi connectivity index (χ4v) is 2.49. The third-order valence-electron chi connectivity index (χ3n) is 4.03. The van der Waals surface area contributed by atoms with Gasteiger partial charge < -0.3 is 24.6 Å². The number of nitrogens with zero attached hydrogens (tertiary/aromatic N) is 3. The van der Waals surface area contributed by atoms with Crippen molar-refractivity contribution in [1.82, 2.24) is 20.8 Å². The molecule has 2 rings (SSSR count). The molecule has 2 aromatic rings. The number of aromatic nitrogens is 2. The van der Waals surface area contributed by atoms with E-state index in [0.717, 1.165) is 6.42 Å². The van der Waals surface area contributed by atoms with Crippen molar-refractivity contribution in [2.45, 2.75) is 52.7 Å². The summed E-state index contributed by atoms with van der Waals surface area (Å²) in [5.41, 5.74) is 0.556. The Morgan fingerprint density at radius 1 is 1.26 bits per heavy atom. The summed E-state index contributed by atoms with van der Waals surface area (Å²) in [4.78, 5) is 8.45. The number of ether oxygens (including phenoxy) is 2. The Balaban J connectivity index is 0.00000480. The van der Waals surface area contributed by atoms with Crippen molar-refractivity contribution in [2.24, 2.45) is 4.99 Å². The van der Waals surface area contributed by atoms with Gasteiger partial charge in [0.15, 0.2) is 11.8 Å². The minimum absolute atomic E-state index is 0. The third-order valence-corrected chi connectivity index (χ3v) is 4.03. The SMILES string of the molecule is CCCOc1ccc(CNC(=NC)NCCc2nc(C(C)C)no2)c(OC(F)F)c1.I. The van der Waals surface area contributed by atoms with Crippen LogP contribution in [0.1, 0.15) is 50.4 Å². The Labute approximate surface area is 198 Å². The fourth-order valence-electron chi connectivity index (χ4n) is 2.49. The molecule has 0 aliphatic rings. The number of halogens is 3. The lowest BCUT2D eigenvalue weighted by molar-refractivity contribution is -0.0505. The highest BCUT2D eigenvalue weighted by Gasteiger charge is 2.13. The van der Waals surface area contributed by atoms with Gasteiger partial charge in [0, 0.05) is 44.1 Å². The predicted octanol–water partition coefficient (Wildman–Crippen LogP) is 4.11. The zero-order valence-electron chi connectivity index (χ0n) is 18.2. The Hall–Kier alpha value is -2.18. The van der Waals surface area contributed by atoms with Gasteiger partial charge in [-0.2, -0.15) is 13.8 Å². The van der Waals surface area contributed by atoms with Gasteiger partial charge in [0.1, 0.15) is 11.5 Å². The van der Waals surface area contributed by atoms with E-state index in [1.807, 2.05) is 20.8 Å². The van der Waals surface area contributed by atoms with Crippen LogP contribution in [-0.2, 0) is 13.0 Å². The molecule has 31 heavy (non-hydrogen) atoms. The molecule has 0 aliphatic heterocycles. The quantitative estimate of drug-likeness (QED) is 0.246. The third kappa shape index (κ3) is 9.23. The molecule has 0 saturated carbocycles. The van der Waals surface area contributed by atoms with Crippen LogP contribution in [0.4, 0.5) is 8.78 Å². The zero-order valence-corrected chi connectivity index (χ0v) is 20.5. The van der Waals surface area contributed by atoms with Crippen molar-refractivity contribution in [3.8, 4) is 11.5 Å². The molecule has 1 heterocycles. The monoisotopic (exact) mass is 553 g/mol. The average Bonchev–Trinajstić information content (AvgIpc) is 3.19. The molecule has 0 spiro atoms. The summed E-state index contributed by atoms with van der Waals surface area (Å²) in [5.74, 6) is 2.47. The maximum atomic E-state index is 12.8. The summed E-state index contributed by atoms with van der Waals surface area (Å²) < 4.78 is 40.9. The van der Waals surface area contributed by atoms with E-state index in [1.54, 1.807) is 19.2 Å². The Kier molecular flexibility index (Phi) is 12.1. The number of hydrogen-bond acceptors (Lipinski definition) is 6. The number of nitrogens with one attached hydrogen (secondary N) is 2. The number of benzene rings is 1. The van der Waals surface area contributed by atoms with Crippen molar-refractivity contribution < 1.29 is 22.8 Å². The van der Waals surface area contributed by atoms with E-state index in [0.29, 0.717) is 48.6 Å². The molecule has 8 nitrogen and oxygen atoms in total. The lowest BCUT2D eigenvalue weighted by Gasteiger charge is -2.15. The molecular formula is C20H30F2IN5O3. The van der Waals surface area contributed by atoms with Crippen molar-refractivity contribution in [3.05, 3.63) is 35.5 Å². The maximum Gasteiger partial charge on any atom is 0.387 e. The Morgan fingerprint density at radius 2 is 2.03 bits per heavy atom. The minimum Gasteiger partial charge on any atom is -0.493 e. The standard InChI is InChI=1S/C20H29F2N5O3.HI/c1-5-10-28-15-7-6-14(16(11-15)29-19(21)22)12-25-20(23-4)24-9-8-17-26-18(13(2)3)27-30-17;/h6-7,11,13,19H,5,8-10,12H2,1-4H3,(H2,23,24,25);1H. The molecular weight excluding hydrogens is 523 g/mol. The number of guanidine groups is 1. The normalized spacial score (nSPS) is 11.4. The van der Waals surface area contributed by atoms with E-state index in [9.17, 15) is 8.78 Å². The summed E-state index contributed by atoms with van der Waals surface area (Å²) in [7, 11) is 1.62. The average molecular weight is 553 g/mol. The first-order valence-corrected chi connectivity index (χ1v) is 9.90. The Bertz CT molecular complexity index is 818. The first-order valence-electron chi connectivity index (χ1n) is 9.90. The van der Waals surface area contributed by atoms with E-state index in [4.69, 9.17) is 9.26 Å². The second kappa shape index (κ2) is 14.0. The zero-order chi connectivity index (χ0) is 21.9. The maximum absolute atomic E-state index is 12.8. The highest BCUT2D eigenvalue weighted by atomic mass is 127. The van der Waals surface area contributed by atoms with Gasteiger partial charge in [-0.1, -0.05) is 25.9 Å². The number of hydrogen-bond donors (Lipinski definition) is 2. The lowest BCUT2D eigenvalue weighted by atomic mass is 10.2. The fraction of sp³-hybridized carbons (Fsp3) is 0.550. The van der Waals surface area contributed by atoms with Crippen LogP contribution in [-0.4, -0.2) is 42.9 Å². The molecule has 0 atom stereocenters. The smallest absolute Gasteiger partial charge is 0.387 e. The molecule has 0 unspecified atom stereocenters. The van der Waals surface area contributed by atoms with E-state index in [2.05, 4.69) is 30.5 Å². The van der Waals surface area contributed by atoms with Crippen molar-refractivity contribution in [2.75, 3.05) is 20.2 Å². The van der Waals surface area contributed by atoms with Gasteiger partial charge in [-0.25, -0.2) is 0 Å². The summed E-state index contributed by atoms with van der Waals surface area (Å²) in [6.07, 6.45) is 1.35. The summed E-state index contributed by atoms with van der Waals surface area (Å²) >= 11 is 0. The molecule has 0 saturated heterocycles. The molecule has 1 aromatic carbocycles. The van der Waals surface area contributed by atoms with E-state index in [1.165, 1.54) is 6.07 Å². The van der Waals surface area contributed by atoms with Crippen molar-refractivity contribution in [3.63, 3.8) is 0 Å². The molecule has 2 N–H and O–H groups in total. The van der Waals surface area contributed by atoms with Gasteiger partial charge in [0.05, 0.1) is 6.61 Å². The second-order valence-electron chi connectivity index (χ2n) is 6.80. The van der Waals surface area contributed by atoms with Crippen LogP contribution >= 0.6 is 24.0 Å². The number of alkyl halides is 2. The van der Waals surface area contributed by atoms with Crippen LogP contribution in [0.15, 0.2) is 27.7 Å². The first kappa shape index (κ1) is 26.9. The van der Waals surface area contributed by atoms with Crippen LogP contribution in [0.25, 0.3) is 0 Å². The lowest BCUT2D eigenvalue weighted by Crippen LogP contribution is -2.38. The summed E-state index contributed by atoms with van der Waals surface area (Å²) in [5, 5.41) is 10.1. The van der Waals surface area contributed by atoms with Crippen LogP contribution < -0.4 is 20.1 Å². The molecule has 0 radical (unpaired) electrons. The number of aliphatic imine (C=N–C) groups is 1. The van der Waals surface area contributed by atoms with Crippen LogP contribution in [0.5, 0.6) is 11.5 Å². The highest BCUT2D eigenvalue weighted by Crippen LogP contribution is 2.26. The van der Waals surface area contributed by atoms with Crippen molar-refractivity contribution in [1.29, 1.82) is 0 Å². The van der Waals surface area contributed by atoms with E-state index in [-0.39, 0.29) is 42.2 Å². The van der Waals surface area contributed by atoms with Gasteiger partial charge in [0.25, 0.3) is 0 Å². The predicted molar refractivity (Wildman–Crippen MR) is 125 cm³/mol. The second-order valence-corrected chi connectivity index (χ2v) is 6.80. The van der Waals surface area contributed by atoms with Gasteiger partial charge in [-0.15, -0.1) is 24.0 Å². The highest BCUT2D eigenvalue weighted by molar-refractivity contribution is 14.0. The molecule has 0 fully saturated rings. The van der Waals surface area contributed by atoms with Gasteiger partial charge in [-0.05, 0) is 18.6 Å².